The van der Waals surface area contributed by atoms with Crippen LogP contribution in [-0.2, 0) is 14.6 Å². The highest BCUT2D eigenvalue weighted by Gasteiger charge is 2.29. The predicted molar refractivity (Wildman–Crippen MR) is 74.7 cm³/mol. The third-order valence-corrected chi connectivity index (χ3v) is 5.81. The molecule has 0 aromatic rings. The summed E-state index contributed by atoms with van der Waals surface area (Å²) in [6, 6.07) is -0.348. The number of sulfone groups is 1. The van der Waals surface area contributed by atoms with Crippen molar-refractivity contribution in [2.75, 3.05) is 24.6 Å². The van der Waals surface area contributed by atoms with Crippen LogP contribution in [0.25, 0.3) is 0 Å². The van der Waals surface area contributed by atoms with Gasteiger partial charge in [-0.3, -0.25) is 4.79 Å². The van der Waals surface area contributed by atoms with Crippen LogP contribution in [0.3, 0.4) is 0 Å². The number of carbonyl (C=O) groups excluding carboxylic acids is 1. The largest absolute Gasteiger partial charge is 0.341 e. The second-order valence-corrected chi connectivity index (χ2v) is 7.96. The van der Waals surface area contributed by atoms with Gasteiger partial charge in [0.15, 0.2) is 9.84 Å². The third kappa shape index (κ3) is 4.18. The summed E-state index contributed by atoms with van der Waals surface area (Å²) in [4.78, 5) is 14.1. The van der Waals surface area contributed by atoms with E-state index in [9.17, 15) is 13.2 Å². The lowest BCUT2D eigenvalue weighted by Crippen LogP contribution is -2.52. The number of hydrogen-bond acceptors (Lipinski definition) is 4. The van der Waals surface area contributed by atoms with Crippen molar-refractivity contribution in [3.8, 4) is 0 Å². The molecule has 2 aliphatic rings. The molecular formula is C13H24N2O3S. The number of piperidine rings is 1. The summed E-state index contributed by atoms with van der Waals surface area (Å²) in [5.74, 6) is 0.576. The summed E-state index contributed by atoms with van der Waals surface area (Å²) in [5.41, 5.74) is 0. The Morgan fingerprint density at radius 3 is 2.53 bits per heavy atom. The molecule has 0 radical (unpaired) electrons. The van der Waals surface area contributed by atoms with E-state index in [2.05, 4.69) is 5.32 Å². The Labute approximate surface area is 115 Å². The van der Waals surface area contributed by atoms with Crippen molar-refractivity contribution >= 4 is 15.7 Å². The second kappa shape index (κ2) is 6.22. The van der Waals surface area contributed by atoms with Crippen molar-refractivity contribution in [3.05, 3.63) is 0 Å². The molecule has 2 fully saturated rings. The molecule has 0 saturated carbocycles. The monoisotopic (exact) mass is 288 g/mol. The van der Waals surface area contributed by atoms with E-state index < -0.39 is 9.84 Å². The van der Waals surface area contributed by atoms with Crippen molar-refractivity contribution < 1.29 is 13.2 Å². The number of amides is 1. The molecule has 0 aromatic heterocycles. The minimum absolute atomic E-state index is 0.0671. The normalized spacial score (nSPS) is 28.9. The van der Waals surface area contributed by atoms with Crippen LogP contribution in [-0.4, -0.2) is 55.9 Å². The fraction of sp³-hybridized carbons (Fsp3) is 0.923. The van der Waals surface area contributed by atoms with Gasteiger partial charge in [-0.1, -0.05) is 0 Å². The molecule has 0 spiro atoms. The van der Waals surface area contributed by atoms with E-state index >= 15 is 0 Å². The quantitative estimate of drug-likeness (QED) is 0.824. The maximum Gasteiger partial charge on any atom is 0.239 e. The maximum absolute atomic E-state index is 12.2. The molecule has 0 bridgehead atoms. The Kier molecular flexibility index (Phi) is 4.84. The predicted octanol–water partition coefficient (Wildman–Crippen LogP) is 0.554. The number of carbonyl (C=O) groups is 1. The van der Waals surface area contributed by atoms with Crippen molar-refractivity contribution in [2.45, 2.75) is 51.1 Å². The van der Waals surface area contributed by atoms with Gasteiger partial charge in [0.1, 0.15) is 0 Å². The van der Waals surface area contributed by atoms with Gasteiger partial charge in [-0.2, -0.15) is 0 Å². The highest BCUT2D eigenvalue weighted by molar-refractivity contribution is 7.91. The molecule has 1 amide bonds. The zero-order valence-corrected chi connectivity index (χ0v) is 12.4. The van der Waals surface area contributed by atoms with Gasteiger partial charge in [0, 0.05) is 19.1 Å². The van der Waals surface area contributed by atoms with Gasteiger partial charge >= 0.3 is 0 Å². The van der Waals surface area contributed by atoms with E-state index in [1.807, 2.05) is 11.8 Å². The molecule has 5 nitrogen and oxygen atoms in total. The average molecular weight is 288 g/mol. The smallest absolute Gasteiger partial charge is 0.239 e. The highest BCUT2D eigenvalue weighted by Crippen LogP contribution is 2.14. The minimum Gasteiger partial charge on any atom is -0.341 e. The highest BCUT2D eigenvalue weighted by atomic mass is 32.2. The fourth-order valence-corrected chi connectivity index (χ4v) is 4.62. The summed E-state index contributed by atoms with van der Waals surface area (Å²) in [7, 11) is -2.92. The van der Waals surface area contributed by atoms with Gasteiger partial charge in [0.05, 0.1) is 17.5 Å². The standard InChI is InChI=1S/C13H24N2O3S/c1-11(13(16)15-7-3-2-4-8-15)14-12-6-5-9-19(17,18)10-12/h11-12,14H,2-10H2,1H3. The average Bonchev–Trinajstić information content (AvgIpc) is 2.37. The lowest BCUT2D eigenvalue weighted by molar-refractivity contribution is -0.134. The number of hydrogen-bond donors (Lipinski definition) is 1. The Hall–Kier alpha value is -0.620. The van der Waals surface area contributed by atoms with Crippen LogP contribution in [0.2, 0.25) is 0 Å². The molecule has 19 heavy (non-hydrogen) atoms. The lowest BCUT2D eigenvalue weighted by atomic mass is 10.1. The van der Waals surface area contributed by atoms with E-state index in [4.69, 9.17) is 0 Å². The first-order chi connectivity index (χ1) is 8.98. The summed E-state index contributed by atoms with van der Waals surface area (Å²) < 4.78 is 23.2. The number of nitrogens with one attached hydrogen (secondary N) is 1. The van der Waals surface area contributed by atoms with Crippen molar-refractivity contribution in [1.29, 1.82) is 0 Å². The van der Waals surface area contributed by atoms with E-state index in [0.717, 1.165) is 32.4 Å². The minimum atomic E-state index is -2.92. The Balaban J connectivity index is 1.85. The van der Waals surface area contributed by atoms with Crippen LogP contribution in [0.1, 0.15) is 39.0 Å². The molecule has 0 aliphatic carbocycles. The maximum atomic E-state index is 12.2. The third-order valence-electron chi connectivity index (χ3n) is 3.99. The van der Waals surface area contributed by atoms with E-state index in [1.54, 1.807) is 0 Å². The SMILES string of the molecule is CC(NC1CCCS(=O)(=O)C1)C(=O)N1CCCCC1. The summed E-state index contributed by atoms with van der Waals surface area (Å²) in [6.45, 7) is 3.53. The number of nitrogens with zero attached hydrogens (tertiary/aromatic N) is 1. The van der Waals surface area contributed by atoms with Crippen molar-refractivity contribution in [2.24, 2.45) is 0 Å². The molecule has 2 unspecified atom stereocenters. The van der Waals surface area contributed by atoms with Gasteiger partial charge in [0.2, 0.25) is 5.91 Å². The van der Waals surface area contributed by atoms with Gasteiger partial charge in [-0.25, -0.2) is 8.42 Å². The molecule has 2 rings (SSSR count). The number of rotatable bonds is 3. The van der Waals surface area contributed by atoms with E-state index in [0.29, 0.717) is 12.2 Å². The first-order valence-electron chi connectivity index (χ1n) is 7.23. The Bertz CT molecular complexity index is 416. The summed E-state index contributed by atoms with van der Waals surface area (Å²) >= 11 is 0. The lowest BCUT2D eigenvalue weighted by Gasteiger charge is -2.32. The van der Waals surface area contributed by atoms with E-state index in [1.165, 1.54) is 6.42 Å². The molecule has 0 aromatic carbocycles. The van der Waals surface area contributed by atoms with Crippen LogP contribution in [0, 0.1) is 0 Å². The summed E-state index contributed by atoms with van der Waals surface area (Å²) in [5, 5.41) is 3.20. The molecule has 2 saturated heterocycles. The zero-order chi connectivity index (χ0) is 13.9. The zero-order valence-electron chi connectivity index (χ0n) is 11.6. The topological polar surface area (TPSA) is 66.5 Å². The molecule has 2 heterocycles. The van der Waals surface area contributed by atoms with E-state index in [-0.39, 0.29) is 23.7 Å². The van der Waals surface area contributed by atoms with Crippen LogP contribution >= 0.6 is 0 Å². The van der Waals surface area contributed by atoms with Crippen LogP contribution in [0.15, 0.2) is 0 Å². The van der Waals surface area contributed by atoms with Gasteiger partial charge < -0.3 is 10.2 Å². The molecule has 6 heteroatoms. The first-order valence-corrected chi connectivity index (χ1v) is 9.05. The Morgan fingerprint density at radius 1 is 1.21 bits per heavy atom. The van der Waals surface area contributed by atoms with Gasteiger partial charge in [-0.15, -0.1) is 0 Å². The second-order valence-electron chi connectivity index (χ2n) is 5.73. The fourth-order valence-electron chi connectivity index (χ4n) is 2.97. The Morgan fingerprint density at radius 2 is 1.89 bits per heavy atom. The van der Waals surface area contributed by atoms with Gasteiger partial charge in [0.25, 0.3) is 0 Å². The molecule has 2 aliphatic heterocycles. The molecule has 110 valence electrons. The van der Waals surface area contributed by atoms with Crippen molar-refractivity contribution in [3.63, 3.8) is 0 Å². The van der Waals surface area contributed by atoms with Crippen LogP contribution in [0.5, 0.6) is 0 Å². The van der Waals surface area contributed by atoms with Gasteiger partial charge in [-0.05, 0) is 39.0 Å². The number of likely N-dealkylation sites (tertiary alicyclic amines) is 1. The van der Waals surface area contributed by atoms with Crippen LogP contribution in [0.4, 0.5) is 0 Å². The first kappa shape index (κ1) is 14.8. The molecule has 2 atom stereocenters. The molecule has 1 N–H and O–H groups in total. The summed E-state index contributed by atoms with van der Waals surface area (Å²) in [6.07, 6.45) is 4.90. The van der Waals surface area contributed by atoms with Crippen LogP contribution < -0.4 is 5.32 Å². The van der Waals surface area contributed by atoms with Crippen molar-refractivity contribution in [1.82, 2.24) is 10.2 Å². The molecular weight excluding hydrogens is 264 g/mol.